The van der Waals surface area contributed by atoms with Crippen LogP contribution < -0.4 is 10.6 Å². The minimum absolute atomic E-state index is 0.0493. The Hall–Kier alpha value is -1.63. The standard InChI is InChI=1S/C18H34N4O3/c1-6-9-19-17(25)14-7-10-22(11-8-14)13-16(24)21(5)12-15(23)20-18(2,3)4/h14H,6-13H2,1-5H3,(H,19,25)(H,20,23). The molecule has 1 aliphatic rings. The third-order valence-corrected chi connectivity index (χ3v) is 4.19. The maximum absolute atomic E-state index is 12.3. The zero-order chi connectivity index (χ0) is 19.0. The highest BCUT2D eigenvalue weighted by Gasteiger charge is 2.26. The second-order valence-electron chi connectivity index (χ2n) is 7.89. The van der Waals surface area contributed by atoms with Crippen molar-refractivity contribution in [2.24, 2.45) is 5.92 Å². The van der Waals surface area contributed by atoms with Crippen LogP contribution in [0.5, 0.6) is 0 Å². The molecule has 1 rings (SSSR count). The Balaban J connectivity index is 2.34. The number of nitrogens with one attached hydrogen (secondary N) is 2. The van der Waals surface area contributed by atoms with Crippen molar-refractivity contribution in [3.8, 4) is 0 Å². The van der Waals surface area contributed by atoms with Crippen LogP contribution in [0.1, 0.15) is 47.0 Å². The van der Waals surface area contributed by atoms with Gasteiger partial charge in [0.15, 0.2) is 0 Å². The molecule has 25 heavy (non-hydrogen) atoms. The smallest absolute Gasteiger partial charge is 0.240 e. The number of amides is 3. The molecule has 3 amide bonds. The molecule has 1 fully saturated rings. The fraction of sp³-hybridized carbons (Fsp3) is 0.833. The van der Waals surface area contributed by atoms with Gasteiger partial charge in [-0.05, 0) is 53.1 Å². The molecule has 2 N–H and O–H groups in total. The molecule has 1 saturated heterocycles. The van der Waals surface area contributed by atoms with Crippen molar-refractivity contribution in [3.63, 3.8) is 0 Å². The third-order valence-electron chi connectivity index (χ3n) is 4.19. The van der Waals surface area contributed by atoms with Gasteiger partial charge in [-0.2, -0.15) is 0 Å². The van der Waals surface area contributed by atoms with E-state index in [1.807, 2.05) is 27.7 Å². The van der Waals surface area contributed by atoms with Crippen molar-refractivity contribution in [2.75, 3.05) is 39.8 Å². The Bertz CT molecular complexity index is 465. The van der Waals surface area contributed by atoms with Gasteiger partial charge in [-0.1, -0.05) is 6.92 Å². The van der Waals surface area contributed by atoms with Gasteiger partial charge in [-0.15, -0.1) is 0 Å². The highest BCUT2D eigenvalue weighted by molar-refractivity contribution is 5.85. The molecular formula is C18H34N4O3. The number of hydrogen-bond donors (Lipinski definition) is 2. The van der Waals surface area contributed by atoms with Crippen molar-refractivity contribution >= 4 is 17.7 Å². The van der Waals surface area contributed by atoms with Crippen LogP contribution in [0.4, 0.5) is 0 Å². The molecule has 0 bridgehead atoms. The predicted octanol–water partition coefficient (Wildman–Crippen LogP) is 0.598. The minimum atomic E-state index is -0.304. The van der Waals surface area contributed by atoms with E-state index in [4.69, 9.17) is 0 Å². The molecule has 0 saturated carbocycles. The van der Waals surface area contributed by atoms with Crippen LogP contribution in [0, 0.1) is 5.92 Å². The summed E-state index contributed by atoms with van der Waals surface area (Å²) in [6.45, 7) is 10.3. The molecule has 0 unspecified atom stereocenters. The van der Waals surface area contributed by atoms with Crippen LogP contribution in [0.2, 0.25) is 0 Å². The van der Waals surface area contributed by atoms with E-state index in [1.54, 1.807) is 7.05 Å². The van der Waals surface area contributed by atoms with Crippen molar-refractivity contribution in [2.45, 2.75) is 52.5 Å². The normalized spacial score (nSPS) is 16.4. The van der Waals surface area contributed by atoms with E-state index in [9.17, 15) is 14.4 Å². The zero-order valence-electron chi connectivity index (χ0n) is 16.4. The number of carbonyl (C=O) groups excluding carboxylic acids is 3. The molecule has 0 radical (unpaired) electrons. The summed E-state index contributed by atoms with van der Waals surface area (Å²) in [5.41, 5.74) is -0.304. The van der Waals surface area contributed by atoms with Gasteiger partial charge in [0.25, 0.3) is 0 Å². The Morgan fingerprint density at radius 2 is 1.76 bits per heavy atom. The van der Waals surface area contributed by atoms with Crippen molar-refractivity contribution in [1.29, 1.82) is 0 Å². The lowest BCUT2D eigenvalue weighted by atomic mass is 9.96. The monoisotopic (exact) mass is 354 g/mol. The fourth-order valence-corrected chi connectivity index (χ4v) is 2.82. The van der Waals surface area contributed by atoms with E-state index in [-0.39, 0.29) is 35.7 Å². The lowest BCUT2D eigenvalue weighted by molar-refractivity contribution is -0.136. The van der Waals surface area contributed by atoms with Gasteiger partial charge >= 0.3 is 0 Å². The first-order chi connectivity index (χ1) is 11.6. The molecule has 7 heteroatoms. The summed E-state index contributed by atoms with van der Waals surface area (Å²) in [5.74, 6) is -0.0513. The molecule has 0 aromatic heterocycles. The molecule has 0 aromatic carbocycles. The molecule has 0 spiro atoms. The molecule has 1 aliphatic heterocycles. The Labute approximate surface area is 151 Å². The number of likely N-dealkylation sites (N-methyl/N-ethyl adjacent to an activating group) is 1. The summed E-state index contributed by atoms with van der Waals surface area (Å²) in [4.78, 5) is 39.7. The van der Waals surface area contributed by atoms with E-state index >= 15 is 0 Å². The van der Waals surface area contributed by atoms with Crippen LogP contribution in [-0.2, 0) is 14.4 Å². The first-order valence-corrected chi connectivity index (χ1v) is 9.17. The van der Waals surface area contributed by atoms with Gasteiger partial charge in [-0.3, -0.25) is 19.3 Å². The first kappa shape index (κ1) is 21.4. The van der Waals surface area contributed by atoms with E-state index in [2.05, 4.69) is 15.5 Å². The van der Waals surface area contributed by atoms with Gasteiger partial charge in [0.1, 0.15) is 0 Å². The van der Waals surface area contributed by atoms with E-state index < -0.39 is 0 Å². The van der Waals surface area contributed by atoms with Crippen LogP contribution in [0.25, 0.3) is 0 Å². The SMILES string of the molecule is CCCNC(=O)C1CCN(CC(=O)N(C)CC(=O)NC(C)(C)C)CC1. The maximum Gasteiger partial charge on any atom is 0.240 e. The highest BCUT2D eigenvalue weighted by atomic mass is 16.2. The Morgan fingerprint density at radius 3 is 2.28 bits per heavy atom. The maximum atomic E-state index is 12.3. The van der Waals surface area contributed by atoms with Crippen LogP contribution in [0.3, 0.4) is 0 Å². The summed E-state index contributed by atoms with van der Waals surface area (Å²) in [6, 6.07) is 0. The van der Waals surface area contributed by atoms with Crippen molar-refractivity contribution in [3.05, 3.63) is 0 Å². The number of likely N-dealkylation sites (tertiary alicyclic amines) is 1. The topological polar surface area (TPSA) is 81.8 Å². The fourth-order valence-electron chi connectivity index (χ4n) is 2.82. The number of carbonyl (C=O) groups is 3. The molecular weight excluding hydrogens is 320 g/mol. The van der Waals surface area contributed by atoms with Gasteiger partial charge in [0.05, 0.1) is 13.1 Å². The molecule has 1 heterocycles. The first-order valence-electron chi connectivity index (χ1n) is 9.17. The number of rotatable bonds is 7. The predicted molar refractivity (Wildman–Crippen MR) is 98.0 cm³/mol. The second-order valence-corrected chi connectivity index (χ2v) is 7.89. The average molecular weight is 354 g/mol. The van der Waals surface area contributed by atoms with Gasteiger partial charge in [0, 0.05) is 25.0 Å². The second kappa shape index (κ2) is 9.75. The summed E-state index contributed by atoms with van der Waals surface area (Å²) < 4.78 is 0. The Kier molecular flexibility index (Phi) is 8.35. The lowest BCUT2D eigenvalue weighted by Crippen LogP contribution is -2.49. The summed E-state index contributed by atoms with van der Waals surface area (Å²) >= 11 is 0. The van der Waals surface area contributed by atoms with E-state index in [1.165, 1.54) is 4.90 Å². The van der Waals surface area contributed by atoms with Gasteiger partial charge in [-0.25, -0.2) is 0 Å². The van der Waals surface area contributed by atoms with Crippen LogP contribution >= 0.6 is 0 Å². The molecule has 7 nitrogen and oxygen atoms in total. The van der Waals surface area contributed by atoms with Gasteiger partial charge in [0.2, 0.25) is 17.7 Å². The highest BCUT2D eigenvalue weighted by Crippen LogP contribution is 2.17. The number of piperidine rings is 1. The molecule has 0 aliphatic carbocycles. The molecule has 0 aromatic rings. The Morgan fingerprint density at radius 1 is 1.16 bits per heavy atom. The largest absolute Gasteiger partial charge is 0.356 e. The van der Waals surface area contributed by atoms with Crippen molar-refractivity contribution < 1.29 is 14.4 Å². The zero-order valence-corrected chi connectivity index (χ0v) is 16.4. The minimum Gasteiger partial charge on any atom is -0.356 e. The van der Waals surface area contributed by atoms with Crippen LogP contribution in [0.15, 0.2) is 0 Å². The number of nitrogens with zero attached hydrogens (tertiary/aromatic N) is 2. The summed E-state index contributed by atoms with van der Waals surface area (Å²) in [5, 5.41) is 5.79. The molecule has 144 valence electrons. The quantitative estimate of drug-likeness (QED) is 0.701. The summed E-state index contributed by atoms with van der Waals surface area (Å²) in [6.07, 6.45) is 2.49. The van der Waals surface area contributed by atoms with E-state index in [0.29, 0.717) is 6.54 Å². The summed E-state index contributed by atoms with van der Waals surface area (Å²) in [7, 11) is 1.65. The lowest BCUT2D eigenvalue weighted by Gasteiger charge is -2.32. The van der Waals surface area contributed by atoms with Crippen LogP contribution in [-0.4, -0.2) is 72.8 Å². The number of hydrogen-bond acceptors (Lipinski definition) is 4. The van der Waals surface area contributed by atoms with Gasteiger partial charge < -0.3 is 15.5 Å². The third kappa shape index (κ3) is 8.34. The molecule has 0 atom stereocenters. The van der Waals surface area contributed by atoms with E-state index in [0.717, 1.165) is 38.9 Å². The van der Waals surface area contributed by atoms with Crippen molar-refractivity contribution in [1.82, 2.24) is 20.4 Å². The average Bonchev–Trinajstić information content (AvgIpc) is 2.51.